The lowest BCUT2D eigenvalue weighted by Crippen LogP contribution is -1.97. The first-order chi connectivity index (χ1) is 20.3. The fourth-order valence-electron chi connectivity index (χ4n) is 6.40. The largest absolute Gasteiger partial charge is 0.309 e. The van der Waals surface area contributed by atoms with E-state index in [9.17, 15) is 0 Å². The number of thiazole rings is 1. The van der Waals surface area contributed by atoms with Gasteiger partial charge in [-0.2, -0.15) is 0 Å². The molecule has 0 amide bonds. The van der Waals surface area contributed by atoms with E-state index in [1.165, 1.54) is 48.3 Å². The molecule has 0 spiro atoms. The van der Waals surface area contributed by atoms with Crippen molar-refractivity contribution in [2.45, 2.75) is 0 Å². The minimum atomic E-state index is 1.04. The Bertz CT molecular complexity index is 2350. The second-order valence-electron chi connectivity index (χ2n) is 10.4. The van der Waals surface area contributed by atoms with Gasteiger partial charge in [-0.15, -0.1) is 11.3 Å². The molecular weight excluding hydrogens is 518 g/mol. The fourth-order valence-corrected chi connectivity index (χ4v) is 7.40. The van der Waals surface area contributed by atoms with Crippen LogP contribution in [-0.4, -0.2) is 14.1 Å². The zero-order chi connectivity index (χ0) is 26.9. The van der Waals surface area contributed by atoms with E-state index in [-0.39, 0.29) is 0 Å². The van der Waals surface area contributed by atoms with Gasteiger partial charge in [0.05, 0.1) is 38.0 Å². The summed E-state index contributed by atoms with van der Waals surface area (Å²) in [7, 11) is 0. The van der Waals surface area contributed by atoms with Crippen LogP contribution in [0.25, 0.3) is 75.8 Å². The Morgan fingerprint density at radius 1 is 0.463 bits per heavy atom. The zero-order valence-electron chi connectivity index (χ0n) is 22.0. The summed E-state index contributed by atoms with van der Waals surface area (Å²) in [6, 6.07) is 50.0. The molecule has 0 aliphatic rings. The van der Waals surface area contributed by atoms with E-state index in [2.05, 4.69) is 149 Å². The van der Waals surface area contributed by atoms with Crippen LogP contribution >= 0.6 is 11.3 Å². The molecule has 3 aromatic heterocycles. The lowest BCUT2D eigenvalue weighted by atomic mass is 10.1. The highest BCUT2D eigenvalue weighted by atomic mass is 32.1. The Morgan fingerprint density at radius 3 is 1.76 bits per heavy atom. The highest BCUT2D eigenvalue weighted by Crippen LogP contribution is 2.40. The average molecular weight is 542 g/mol. The van der Waals surface area contributed by atoms with Crippen molar-refractivity contribution in [1.82, 2.24) is 14.1 Å². The summed E-state index contributed by atoms with van der Waals surface area (Å²) < 4.78 is 6.00. The number of nitrogens with zero attached hydrogens (tertiary/aromatic N) is 3. The van der Waals surface area contributed by atoms with Crippen LogP contribution in [0.3, 0.4) is 0 Å². The van der Waals surface area contributed by atoms with Gasteiger partial charge < -0.3 is 9.13 Å². The average Bonchev–Trinajstić information content (AvgIpc) is 3.71. The highest BCUT2D eigenvalue weighted by Gasteiger charge is 2.19. The smallest absolute Gasteiger partial charge is 0.126 e. The first-order valence-corrected chi connectivity index (χ1v) is 14.6. The van der Waals surface area contributed by atoms with Gasteiger partial charge in [-0.3, -0.25) is 0 Å². The van der Waals surface area contributed by atoms with Crippen LogP contribution in [0, 0.1) is 0 Å². The molecule has 0 fully saturated rings. The second-order valence-corrected chi connectivity index (χ2v) is 11.5. The maximum atomic E-state index is 5.02. The number of benzene rings is 6. The van der Waals surface area contributed by atoms with E-state index in [1.54, 1.807) is 11.3 Å². The minimum Gasteiger partial charge on any atom is -0.309 e. The van der Waals surface area contributed by atoms with Gasteiger partial charge in [0.15, 0.2) is 0 Å². The first kappa shape index (κ1) is 22.6. The molecule has 9 rings (SSSR count). The summed E-state index contributed by atoms with van der Waals surface area (Å²) in [5.74, 6) is 0. The van der Waals surface area contributed by atoms with Crippen molar-refractivity contribution in [1.29, 1.82) is 0 Å². The van der Waals surface area contributed by atoms with Crippen LogP contribution in [-0.2, 0) is 0 Å². The third-order valence-corrected chi connectivity index (χ3v) is 9.23. The lowest BCUT2D eigenvalue weighted by Gasteiger charge is -2.13. The number of rotatable bonds is 3. The number of hydrogen-bond acceptors (Lipinski definition) is 2. The van der Waals surface area contributed by atoms with Crippen LogP contribution in [0.15, 0.2) is 140 Å². The number of fused-ring (bicyclic) bond motifs is 7. The van der Waals surface area contributed by atoms with Crippen molar-refractivity contribution in [2.75, 3.05) is 0 Å². The fraction of sp³-hybridized carbons (Fsp3) is 0. The zero-order valence-corrected chi connectivity index (χ0v) is 22.8. The molecule has 0 saturated carbocycles. The van der Waals surface area contributed by atoms with Crippen molar-refractivity contribution < 1.29 is 0 Å². The summed E-state index contributed by atoms with van der Waals surface area (Å²) in [6.07, 6.45) is 0. The molecule has 9 aromatic rings. The molecule has 0 saturated heterocycles. The predicted molar refractivity (Wildman–Crippen MR) is 174 cm³/mol. The van der Waals surface area contributed by atoms with Gasteiger partial charge in [-0.25, -0.2) is 4.98 Å². The van der Waals surface area contributed by atoms with Crippen LogP contribution in [0.5, 0.6) is 0 Å². The Morgan fingerprint density at radius 2 is 1.02 bits per heavy atom. The number of hydrogen-bond donors (Lipinski definition) is 0. The topological polar surface area (TPSA) is 22.8 Å². The van der Waals surface area contributed by atoms with Crippen molar-refractivity contribution in [3.63, 3.8) is 0 Å². The molecule has 41 heavy (non-hydrogen) atoms. The maximum Gasteiger partial charge on any atom is 0.126 e. The second kappa shape index (κ2) is 8.65. The molecule has 0 atom stereocenters. The third kappa shape index (κ3) is 3.28. The van der Waals surface area contributed by atoms with E-state index >= 15 is 0 Å². The Labute approximate surface area is 240 Å². The Kier molecular flexibility index (Phi) is 4.77. The predicted octanol–water partition coefficient (Wildman–Crippen LogP) is 10.2. The van der Waals surface area contributed by atoms with E-state index in [0.717, 1.165) is 27.5 Å². The number of para-hydroxylation sites is 5. The van der Waals surface area contributed by atoms with Gasteiger partial charge in [-0.1, -0.05) is 78.9 Å². The standard InChI is InChI=1S/C37H23N3S/c1-6-16-31-25(11-1)26-12-2-7-17-32(26)39(31)24-21-22-35-29(23-24)27-13-3-8-18-33(27)40(35)34-19-9-4-14-28(34)37-38-30-15-5-10-20-36(30)41-37/h1-23H. The van der Waals surface area contributed by atoms with Crippen LogP contribution in [0.4, 0.5) is 0 Å². The highest BCUT2D eigenvalue weighted by molar-refractivity contribution is 7.21. The van der Waals surface area contributed by atoms with Gasteiger partial charge in [0.1, 0.15) is 5.01 Å². The van der Waals surface area contributed by atoms with Crippen molar-refractivity contribution in [3.05, 3.63) is 140 Å². The van der Waals surface area contributed by atoms with Gasteiger partial charge >= 0.3 is 0 Å². The van der Waals surface area contributed by atoms with Gasteiger partial charge in [0.25, 0.3) is 0 Å². The molecule has 3 heterocycles. The quantitative estimate of drug-likeness (QED) is 0.218. The summed E-state index contributed by atoms with van der Waals surface area (Å²) in [5, 5.41) is 6.06. The molecule has 0 aliphatic heterocycles. The normalized spacial score (nSPS) is 11.9. The molecule has 3 nitrogen and oxygen atoms in total. The molecule has 192 valence electrons. The molecule has 0 radical (unpaired) electrons. The Balaban J connectivity index is 1.33. The molecular formula is C37H23N3S. The van der Waals surface area contributed by atoms with Crippen LogP contribution in [0.2, 0.25) is 0 Å². The molecule has 0 aliphatic carbocycles. The summed E-state index contributed by atoms with van der Waals surface area (Å²) in [4.78, 5) is 5.02. The van der Waals surface area contributed by atoms with Crippen molar-refractivity contribution >= 4 is 65.2 Å². The van der Waals surface area contributed by atoms with E-state index < -0.39 is 0 Å². The van der Waals surface area contributed by atoms with Gasteiger partial charge in [-0.05, 0) is 60.7 Å². The summed E-state index contributed by atoms with van der Waals surface area (Å²) in [6.45, 7) is 0. The van der Waals surface area contributed by atoms with Crippen LogP contribution < -0.4 is 0 Å². The molecule has 6 aromatic carbocycles. The maximum absolute atomic E-state index is 5.02. The van der Waals surface area contributed by atoms with Gasteiger partial charge in [0, 0.05) is 32.8 Å². The SMILES string of the molecule is c1ccc(-n2c3ccccc3c3cc(-n4c5ccccc5c5ccccc54)ccc32)c(-c2nc3ccccc3s2)c1. The van der Waals surface area contributed by atoms with E-state index in [4.69, 9.17) is 4.98 Å². The summed E-state index contributed by atoms with van der Waals surface area (Å²) >= 11 is 1.75. The molecule has 4 heteroatoms. The monoisotopic (exact) mass is 541 g/mol. The minimum absolute atomic E-state index is 1.04. The van der Waals surface area contributed by atoms with E-state index in [1.807, 2.05) is 0 Å². The van der Waals surface area contributed by atoms with E-state index in [0.29, 0.717) is 0 Å². The van der Waals surface area contributed by atoms with Crippen LogP contribution in [0.1, 0.15) is 0 Å². The number of aromatic nitrogens is 3. The summed E-state index contributed by atoms with van der Waals surface area (Å²) in [5.41, 5.74) is 9.30. The van der Waals surface area contributed by atoms with Gasteiger partial charge in [0.2, 0.25) is 0 Å². The molecule has 0 unspecified atom stereocenters. The molecule has 0 N–H and O–H groups in total. The third-order valence-electron chi connectivity index (χ3n) is 8.16. The lowest BCUT2D eigenvalue weighted by molar-refractivity contribution is 1.16. The first-order valence-electron chi connectivity index (χ1n) is 13.8. The van der Waals surface area contributed by atoms with Crippen molar-refractivity contribution in [2.24, 2.45) is 0 Å². The Hall–Kier alpha value is -5.19. The van der Waals surface area contributed by atoms with Crippen molar-refractivity contribution in [3.8, 4) is 21.9 Å². The molecule has 0 bridgehead atoms.